The van der Waals surface area contributed by atoms with Crippen molar-refractivity contribution in [3.05, 3.63) is 47.5 Å². The van der Waals surface area contributed by atoms with Crippen LogP contribution in [0.3, 0.4) is 0 Å². The van der Waals surface area contributed by atoms with Gasteiger partial charge in [0.05, 0.1) is 4.90 Å². The van der Waals surface area contributed by atoms with Crippen molar-refractivity contribution in [1.82, 2.24) is 0 Å². The molecule has 0 heterocycles. The van der Waals surface area contributed by atoms with Crippen molar-refractivity contribution in [3.8, 4) is 11.5 Å². The molecule has 4 nitrogen and oxygen atoms in total. The minimum Gasteiger partial charge on any atom is -0.508 e. The highest BCUT2D eigenvalue weighted by atomic mass is 32.2. The summed E-state index contributed by atoms with van der Waals surface area (Å²) in [5.74, 6) is -0.238. The Balaban J connectivity index is 2.62. The Morgan fingerprint density at radius 1 is 0.895 bits per heavy atom. The Bertz CT molecular complexity index is 733. The average Bonchev–Trinajstić information content (AvgIpc) is 2.32. The Kier molecular flexibility index (Phi) is 3.24. The Morgan fingerprint density at radius 2 is 1.58 bits per heavy atom. The van der Waals surface area contributed by atoms with Crippen LogP contribution in [-0.2, 0) is 9.84 Å². The lowest BCUT2D eigenvalue weighted by Gasteiger charge is -2.08. The van der Waals surface area contributed by atoms with Crippen molar-refractivity contribution in [1.29, 1.82) is 0 Å². The topological polar surface area (TPSA) is 74.6 Å². The molecule has 0 amide bonds. The predicted molar refractivity (Wildman–Crippen MR) is 71.1 cm³/mol. The van der Waals surface area contributed by atoms with Crippen LogP contribution in [0.2, 0.25) is 0 Å². The van der Waals surface area contributed by atoms with E-state index >= 15 is 0 Å². The summed E-state index contributed by atoms with van der Waals surface area (Å²) in [6, 6.07) is 8.43. The standard InChI is InChI=1S/C14H14O4S/c1-9-3-6-14(13(16)7-9)19(17,18)11-4-5-12(15)10(2)8-11/h3-8,15-16H,1-2H3. The zero-order valence-electron chi connectivity index (χ0n) is 10.6. The summed E-state index contributed by atoms with van der Waals surface area (Å²) >= 11 is 0. The SMILES string of the molecule is Cc1ccc(S(=O)(=O)c2ccc(O)c(C)c2)c(O)c1. The second kappa shape index (κ2) is 4.59. The maximum atomic E-state index is 12.4. The van der Waals surface area contributed by atoms with Crippen molar-refractivity contribution < 1.29 is 18.6 Å². The van der Waals surface area contributed by atoms with Crippen LogP contribution in [-0.4, -0.2) is 18.6 Å². The van der Waals surface area contributed by atoms with E-state index in [4.69, 9.17) is 0 Å². The molecule has 0 atom stereocenters. The van der Waals surface area contributed by atoms with Gasteiger partial charge >= 0.3 is 0 Å². The first-order chi connectivity index (χ1) is 8.82. The van der Waals surface area contributed by atoms with E-state index in [-0.39, 0.29) is 21.3 Å². The molecular formula is C14H14O4S. The quantitative estimate of drug-likeness (QED) is 0.885. The summed E-state index contributed by atoms with van der Waals surface area (Å²) < 4.78 is 24.8. The zero-order chi connectivity index (χ0) is 14.2. The number of hydrogen-bond acceptors (Lipinski definition) is 4. The van der Waals surface area contributed by atoms with Gasteiger partial charge in [-0.15, -0.1) is 0 Å². The first-order valence-corrected chi connectivity index (χ1v) is 7.15. The third kappa shape index (κ3) is 2.42. The van der Waals surface area contributed by atoms with E-state index in [0.717, 1.165) is 5.56 Å². The molecule has 0 spiro atoms. The van der Waals surface area contributed by atoms with Crippen molar-refractivity contribution >= 4 is 9.84 Å². The summed E-state index contributed by atoms with van der Waals surface area (Å²) in [6.07, 6.45) is 0. The molecule has 2 aromatic carbocycles. The van der Waals surface area contributed by atoms with Crippen LogP contribution in [0.4, 0.5) is 0 Å². The first-order valence-electron chi connectivity index (χ1n) is 5.66. The van der Waals surface area contributed by atoms with Crippen LogP contribution < -0.4 is 0 Å². The largest absolute Gasteiger partial charge is 0.508 e. The molecule has 2 N–H and O–H groups in total. The summed E-state index contributed by atoms with van der Waals surface area (Å²) in [6.45, 7) is 3.38. The molecule has 0 bridgehead atoms. The molecular weight excluding hydrogens is 264 g/mol. The fourth-order valence-corrected chi connectivity index (χ4v) is 3.19. The van der Waals surface area contributed by atoms with Crippen LogP contribution in [0.15, 0.2) is 46.2 Å². The van der Waals surface area contributed by atoms with Gasteiger partial charge in [0.1, 0.15) is 16.4 Å². The molecule has 0 saturated carbocycles. The van der Waals surface area contributed by atoms with Crippen molar-refractivity contribution in [2.45, 2.75) is 23.6 Å². The summed E-state index contributed by atoms with van der Waals surface area (Å²) in [5, 5.41) is 19.2. The molecule has 0 saturated heterocycles. The fourth-order valence-electron chi connectivity index (χ4n) is 1.78. The minimum atomic E-state index is -3.79. The summed E-state index contributed by atoms with van der Waals surface area (Å²) in [7, 11) is -3.79. The molecule has 0 aliphatic heterocycles. The average molecular weight is 278 g/mol. The van der Waals surface area contributed by atoms with E-state index in [1.165, 1.54) is 30.3 Å². The molecule has 0 aliphatic carbocycles. The number of phenols is 2. The van der Waals surface area contributed by atoms with E-state index < -0.39 is 9.84 Å². The number of hydrogen-bond donors (Lipinski definition) is 2. The third-order valence-electron chi connectivity index (χ3n) is 2.88. The minimum absolute atomic E-state index is 0.0343. The highest BCUT2D eigenvalue weighted by Crippen LogP contribution is 2.31. The van der Waals surface area contributed by atoms with Gasteiger partial charge in [0.25, 0.3) is 0 Å². The lowest BCUT2D eigenvalue weighted by molar-refractivity contribution is 0.458. The van der Waals surface area contributed by atoms with Gasteiger partial charge < -0.3 is 10.2 Å². The molecule has 0 aliphatic rings. The van der Waals surface area contributed by atoms with E-state index in [0.29, 0.717) is 5.56 Å². The summed E-state index contributed by atoms with van der Waals surface area (Å²) in [5.41, 5.74) is 1.24. The molecule has 0 aromatic heterocycles. The smallest absolute Gasteiger partial charge is 0.210 e. The van der Waals surface area contributed by atoms with E-state index in [9.17, 15) is 18.6 Å². The number of sulfone groups is 1. The van der Waals surface area contributed by atoms with Crippen LogP contribution in [0.25, 0.3) is 0 Å². The molecule has 0 unspecified atom stereocenters. The molecule has 19 heavy (non-hydrogen) atoms. The van der Waals surface area contributed by atoms with Gasteiger partial charge in [-0.3, -0.25) is 0 Å². The van der Waals surface area contributed by atoms with Crippen LogP contribution in [0.1, 0.15) is 11.1 Å². The fraction of sp³-hybridized carbons (Fsp3) is 0.143. The molecule has 0 fully saturated rings. The van der Waals surface area contributed by atoms with Gasteiger partial charge in [-0.05, 0) is 55.3 Å². The highest BCUT2D eigenvalue weighted by Gasteiger charge is 2.22. The number of aromatic hydroxyl groups is 2. The third-order valence-corrected chi connectivity index (χ3v) is 4.68. The van der Waals surface area contributed by atoms with Gasteiger partial charge in [-0.2, -0.15) is 0 Å². The van der Waals surface area contributed by atoms with E-state index in [1.807, 2.05) is 0 Å². The number of phenolic OH excluding ortho intramolecular Hbond substituents is 2. The highest BCUT2D eigenvalue weighted by molar-refractivity contribution is 7.91. The maximum Gasteiger partial charge on any atom is 0.210 e. The molecule has 0 radical (unpaired) electrons. The van der Waals surface area contributed by atoms with Gasteiger partial charge in [0.15, 0.2) is 0 Å². The van der Waals surface area contributed by atoms with Gasteiger partial charge in [0.2, 0.25) is 9.84 Å². The van der Waals surface area contributed by atoms with Crippen LogP contribution >= 0.6 is 0 Å². The zero-order valence-corrected chi connectivity index (χ0v) is 11.4. The first kappa shape index (κ1) is 13.4. The van der Waals surface area contributed by atoms with E-state index in [1.54, 1.807) is 19.9 Å². The van der Waals surface area contributed by atoms with Gasteiger partial charge in [0, 0.05) is 0 Å². The van der Waals surface area contributed by atoms with Crippen molar-refractivity contribution in [2.24, 2.45) is 0 Å². The molecule has 2 aromatic rings. The summed E-state index contributed by atoms with van der Waals surface area (Å²) in [4.78, 5) is -0.0925. The number of rotatable bonds is 2. The monoisotopic (exact) mass is 278 g/mol. The van der Waals surface area contributed by atoms with Gasteiger partial charge in [-0.25, -0.2) is 8.42 Å². The van der Waals surface area contributed by atoms with Crippen LogP contribution in [0, 0.1) is 13.8 Å². The lowest BCUT2D eigenvalue weighted by atomic mass is 10.2. The molecule has 2 rings (SSSR count). The molecule has 100 valence electrons. The van der Waals surface area contributed by atoms with E-state index in [2.05, 4.69) is 0 Å². The predicted octanol–water partition coefficient (Wildman–Crippen LogP) is 2.55. The van der Waals surface area contributed by atoms with Crippen molar-refractivity contribution in [3.63, 3.8) is 0 Å². The van der Waals surface area contributed by atoms with Crippen LogP contribution in [0.5, 0.6) is 11.5 Å². The molecule has 5 heteroatoms. The van der Waals surface area contributed by atoms with Crippen molar-refractivity contribution in [2.75, 3.05) is 0 Å². The normalized spacial score (nSPS) is 11.5. The Morgan fingerprint density at radius 3 is 2.16 bits per heavy atom. The maximum absolute atomic E-state index is 12.4. The Hall–Kier alpha value is -2.01. The number of aryl methyl sites for hydroxylation is 2. The Labute approximate surface area is 111 Å². The lowest BCUT2D eigenvalue weighted by Crippen LogP contribution is -2.03. The second-order valence-corrected chi connectivity index (χ2v) is 6.34. The van der Waals surface area contributed by atoms with Gasteiger partial charge in [-0.1, -0.05) is 6.07 Å². The number of benzene rings is 2. The second-order valence-electron chi connectivity index (χ2n) is 4.42.